The minimum absolute atomic E-state index is 0. The zero-order valence-electron chi connectivity index (χ0n) is 15.6. The van der Waals surface area contributed by atoms with Gasteiger partial charge < -0.3 is 16.0 Å². The summed E-state index contributed by atoms with van der Waals surface area (Å²) in [7, 11) is 1.63. The molecule has 27 heavy (non-hydrogen) atoms. The number of aliphatic imine (C=N–C) groups is 1. The van der Waals surface area contributed by atoms with E-state index in [4.69, 9.17) is 11.6 Å². The summed E-state index contributed by atoms with van der Waals surface area (Å²) in [5.74, 6) is 0.655. The minimum atomic E-state index is -0.0950. The first kappa shape index (κ1) is 23.2. The van der Waals surface area contributed by atoms with Crippen LogP contribution in [0.1, 0.15) is 28.4 Å². The van der Waals surface area contributed by atoms with Gasteiger partial charge in [0.25, 0.3) is 5.91 Å². The van der Waals surface area contributed by atoms with Gasteiger partial charge in [0, 0.05) is 30.7 Å². The molecule has 5 nitrogen and oxygen atoms in total. The Hall–Kier alpha value is -1.80. The Bertz CT molecular complexity index is 767. The molecule has 0 aliphatic heterocycles. The second-order valence-corrected chi connectivity index (χ2v) is 6.22. The molecule has 0 spiro atoms. The van der Waals surface area contributed by atoms with Gasteiger partial charge in [0.05, 0.1) is 6.54 Å². The van der Waals surface area contributed by atoms with Crippen LogP contribution in [0.25, 0.3) is 0 Å². The smallest absolute Gasteiger partial charge is 0.251 e. The molecule has 0 fully saturated rings. The summed E-state index contributed by atoms with van der Waals surface area (Å²) < 4.78 is 0. The number of rotatable bonds is 7. The van der Waals surface area contributed by atoms with E-state index < -0.39 is 0 Å². The van der Waals surface area contributed by atoms with Crippen molar-refractivity contribution in [3.05, 3.63) is 70.2 Å². The zero-order valence-corrected chi connectivity index (χ0v) is 18.7. The SMILES string of the molecule is CCNC(=NCc1cccc(C(=O)NC)c1)NCCc1cccc(Cl)c1.I. The maximum Gasteiger partial charge on any atom is 0.251 e. The van der Waals surface area contributed by atoms with E-state index in [1.54, 1.807) is 13.1 Å². The number of nitrogens with one attached hydrogen (secondary N) is 3. The number of benzene rings is 2. The third-order valence-corrected chi connectivity index (χ3v) is 4.01. The van der Waals surface area contributed by atoms with E-state index >= 15 is 0 Å². The highest BCUT2D eigenvalue weighted by atomic mass is 127. The molecule has 146 valence electrons. The van der Waals surface area contributed by atoms with Crippen molar-refractivity contribution in [2.75, 3.05) is 20.1 Å². The predicted molar refractivity (Wildman–Crippen MR) is 123 cm³/mol. The molecule has 0 aliphatic carbocycles. The van der Waals surface area contributed by atoms with Crippen molar-refractivity contribution >= 4 is 47.4 Å². The molecule has 0 atom stereocenters. The topological polar surface area (TPSA) is 65.5 Å². The fraction of sp³-hybridized carbons (Fsp3) is 0.300. The number of guanidine groups is 1. The van der Waals surface area contributed by atoms with Crippen LogP contribution >= 0.6 is 35.6 Å². The van der Waals surface area contributed by atoms with Gasteiger partial charge in [-0.15, -0.1) is 24.0 Å². The quantitative estimate of drug-likeness (QED) is 0.309. The minimum Gasteiger partial charge on any atom is -0.357 e. The lowest BCUT2D eigenvalue weighted by molar-refractivity contribution is 0.0963. The summed E-state index contributed by atoms with van der Waals surface area (Å²) in [4.78, 5) is 16.3. The zero-order chi connectivity index (χ0) is 18.8. The van der Waals surface area contributed by atoms with Crippen molar-refractivity contribution in [2.24, 2.45) is 4.99 Å². The van der Waals surface area contributed by atoms with Crippen molar-refractivity contribution in [3.8, 4) is 0 Å². The van der Waals surface area contributed by atoms with Gasteiger partial charge in [0.2, 0.25) is 0 Å². The Morgan fingerprint density at radius 1 is 1.07 bits per heavy atom. The van der Waals surface area contributed by atoms with Crippen LogP contribution in [0.15, 0.2) is 53.5 Å². The molecule has 0 aliphatic rings. The molecule has 0 saturated heterocycles. The summed E-state index contributed by atoms with van der Waals surface area (Å²) in [5.41, 5.74) is 2.80. The highest BCUT2D eigenvalue weighted by Gasteiger charge is 2.04. The number of hydrogen-bond donors (Lipinski definition) is 3. The van der Waals surface area contributed by atoms with Gasteiger partial charge in [-0.05, 0) is 48.7 Å². The first-order valence-corrected chi connectivity index (χ1v) is 9.07. The highest BCUT2D eigenvalue weighted by molar-refractivity contribution is 14.0. The molecule has 1 amide bonds. The summed E-state index contributed by atoms with van der Waals surface area (Å²) in [6.07, 6.45) is 0.858. The fourth-order valence-electron chi connectivity index (χ4n) is 2.49. The number of carbonyl (C=O) groups excluding carboxylic acids is 1. The van der Waals surface area contributed by atoms with E-state index in [-0.39, 0.29) is 29.9 Å². The molecule has 0 radical (unpaired) electrons. The molecule has 0 saturated carbocycles. The lowest BCUT2D eigenvalue weighted by atomic mass is 10.1. The lowest BCUT2D eigenvalue weighted by Crippen LogP contribution is -2.38. The molecule has 2 rings (SSSR count). The molecule has 2 aromatic carbocycles. The Kier molecular flexibility index (Phi) is 10.8. The Labute approximate surface area is 183 Å². The van der Waals surface area contributed by atoms with Gasteiger partial charge in [0.15, 0.2) is 5.96 Å². The number of amides is 1. The highest BCUT2D eigenvalue weighted by Crippen LogP contribution is 2.10. The molecule has 0 heterocycles. The van der Waals surface area contributed by atoms with E-state index in [0.717, 1.165) is 36.1 Å². The van der Waals surface area contributed by atoms with E-state index in [1.807, 2.05) is 43.3 Å². The predicted octanol–water partition coefficient (Wildman–Crippen LogP) is 3.62. The standard InChI is InChI=1S/C20H25ClN4O.HI/c1-3-23-20(24-11-10-15-6-5-9-18(21)13-15)25-14-16-7-4-8-17(12-16)19(26)22-2;/h4-9,12-13H,3,10-11,14H2,1-2H3,(H,22,26)(H2,23,24,25);1H. The van der Waals surface area contributed by atoms with E-state index in [0.29, 0.717) is 12.1 Å². The molecule has 0 unspecified atom stereocenters. The van der Waals surface area contributed by atoms with Crippen LogP contribution in [0.2, 0.25) is 5.02 Å². The third kappa shape index (κ3) is 8.17. The summed E-state index contributed by atoms with van der Waals surface area (Å²) in [5, 5.41) is 9.94. The lowest BCUT2D eigenvalue weighted by Gasteiger charge is -2.11. The van der Waals surface area contributed by atoms with Crippen molar-refractivity contribution in [1.82, 2.24) is 16.0 Å². The summed E-state index contributed by atoms with van der Waals surface area (Å²) >= 11 is 6.01. The van der Waals surface area contributed by atoms with Crippen LogP contribution in [0.5, 0.6) is 0 Å². The van der Waals surface area contributed by atoms with Crippen LogP contribution < -0.4 is 16.0 Å². The van der Waals surface area contributed by atoms with Crippen LogP contribution in [0, 0.1) is 0 Å². The molecule has 7 heteroatoms. The molecule has 0 aromatic heterocycles. The van der Waals surface area contributed by atoms with Gasteiger partial charge in [0.1, 0.15) is 0 Å². The Balaban J connectivity index is 0.00000364. The number of halogens is 2. The summed E-state index contributed by atoms with van der Waals surface area (Å²) in [6.45, 7) is 4.06. The second kappa shape index (κ2) is 12.6. The normalized spacial score (nSPS) is 10.7. The molecule has 2 aromatic rings. The van der Waals surface area contributed by atoms with Gasteiger partial charge >= 0.3 is 0 Å². The van der Waals surface area contributed by atoms with Gasteiger partial charge in [-0.25, -0.2) is 4.99 Å². The number of carbonyl (C=O) groups is 1. The van der Waals surface area contributed by atoms with E-state index in [2.05, 4.69) is 27.0 Å². The van der Waals surface area contributed by atoms with Gasteiger partial charge in [-0.3, -0.25) is 4.79 Å². The maximum atomic E-state index is 11.7. The fourth-order valence-corrected chi connectivity index (χ4v) is 2.70. The first-order valence-electron chi connectivity index (χ1n) is 8.70. The monoisotopic (exact) mass is 500 g/mol. The molecular formula is C20H26ClIN4O. The molecule has 0 bridgehead atoms. The number of hydrogen-bond acceptors (Lipinski definition) is 2. The molecule has 3 N–H and O–H groups in total. The average Bonchev–Trinajstić information content (AvgIpc) is 2.65. The van der Waals surface area contributed by atoms with Crippen LogP contribution in [0.3, 0.4) is 0 Å². The Morgan fingerprint density at radius 2 is 1.81 bits per heavy atom. The Morgan fingerprint density at radius 3 is 2.52 bits per heavy atom. The van der Waals surface area contributed by atoms with Gasteiger partial charge in [-0.1, -0.05) is 35.9 Å². The second-order valence-electron chi connectivity index (χ2n) is 5.78. The van der Waals surface area contributed by atoms with Crippen LogP contribution in [-0.4, -0.2) is 32.0 Å². The van der Waals surface area contributed by atoms with Gasteiger partial charge in [-0.2, -0.15) is 0 Å². The average molecular weight is 501 g/mol. The third-order valence-electron chi connectivity index (χ3n) is 3.78. The largest absolute Gasteiger partial charge is 0.357 e. The van der Waals surface area contributed by atoms with E-state index in [9.17, 15) is 4.79 Å². The maximum absolute atomic E-state index is 11.7. The van der Waals surface area contributed by atoms with Crippen LogP contribution in [0.4, 0.5) is 0 Å². The van der Waals surface area contributed by atoms with Crippen molar-refractivity contribution in [2.45, 2.75) is 19.9 Å². The number of nitrogens with zero attached hydrogens (tertiary/aromatic N) is 1. The first-order chi connectivity index (χ1) is 12.6. The van der Waals surface area contributed by atoms with Crippen molar-refractivity contribution in [1.29, 1.82) is 0 Å². The van der Waals surface area contributed by atoms with E-state index in [1.165, 1.54) is 5.56 Å². The van der Waals surface area contributed by atoms with Crippen molar-refractivity contribution in [3.63, 3.8) is 0 Å². The summed E-state index contributed by atoms with van der Waals surface area (Å²) in [6, 6.07) is 15.3. The molecular weight excluding hydrogens is 475 g/mol. The van der Waals surface area contributed by atoms with Crippen molar-refractivity contribution < 1.29 is 4.79 Å². The van der Waals surface area contributed by atoms with Crippen LogP contribution in [-0.2, 0) is 13.0 Å².